The van der Waals surface area contributed by atoms with Gasteiger partial charge in [-0.1, -0.05) is 76.9 Å². The standard InChI is InChI=1S/C25H30ClN5O4Si.C25H32ClN5O2Si/c1-15-19(13-14-20(27-6)21(15)26)28-22(16(2)35-36(7,8)25(3,4)5)24-30-29-23(34-24)17-9-11-18(12-10-17)31(32)33;1-15-19(13-14-20(28-6)21(15)26)29-22(16(2)33-34(7,8)25(3,4)5)24-31-30-23(32-24)17-9-11-18(27)12-10-17/h9-14,16,22,28H,1-5,7-8H3;9-14,16,22,29H,27H2,1-5,7-8H3/t2*16-,22-/m11/s1. The molecular formula is C50H62Cl2N10O6Si2. The summed E-state index contributed by atoms with van der Waals surface area (Å²) in [5, 5.41) is 35.8. The third-order valence-corrected chi connectivity index (χ3v) is 23.1. The smallest absolute Gasteiger partial charge is 0.269 e. The molecule has 4 N–H and O–H groups in total. The van der Waals surface area contributed by atoms with Crippen LogP contribution in [0.5, 0.6) is 0 Å². The molecule has 70 heavy (non-hydrogen) atoms. The number of hydrogen-bond acceptors (Lipinski definition) is 13. The summed E-state index contributed by atoms with van der Waals surface area (Å²) in [7, 11) is -4.25. The summed E-state index contributed by atoms with van der Waals surface area (Å²) in [5.74, 6) is 1.35. The normalized spacial score (nSPS) is 13.7. The highest BCUT2D eigenvalue weighted by Gasteiger charge is 2.42. The van der Waals surface area contributed by atoms with Crippen LogP contribution in [-0.2, 0) is 8.85 Å². The van der Waals surface area contributed by atoms with E-state index in [-0.39, 0.29) is 33.9 Å². The van der Waals surface area contributed by atoms with Gasteiger partial charge in [-0.2, -0.15) is 0 Å². The topological polar surface area (TPSA) is 198 Å². The van der Waals surface area contributed by atoms with Gasteiger partial charge >= 0.3 is 0 Å². The molecule has 0 aliphatic rings. The van der Waals surface area contributed by atoms with Crippen LogP contribution in [0.4, 0.5) is 34.1 Å². The predicted octanol–water partition coefficient (Wildman–Crippen LogP) is 15.1. The summed E-state index contributed by atoms with van der Waals surface area (Å²) in [6, 6.07) is 19.3. The highest BCUT2D eigenvalue weighted by molar-refractivity contribution is 6.74. The number of hydrogen-bond donors (Lipinski definition) is 3. The van der Waals surface area contributed by atoms with Crippen LogP contribution < -0.4 is 16.4 Å². The van der Waals surface area contributed by atoms with E-state index in [1.165, 1.54) is 12.1 Å². The molecule has 6 rings (SSSR count). The van der Waals surface area contributed by atoms with Gasteiger partial charge in [0.15, 0.2) is 16.6 Å². The van der Waals surface area contributed by atoms with E-state index in [1.807, 2.05) is 45.9 Å². The molecule has 0 bridgehead atoms. The van der Waals surface area contributed by atoms with Crippen LogP contribution in [0.25, 0.3) is 32.6 Å². The van der Waals surface area contributed by atoms with Gasteiger partial charge < -0.3 is 34.1 Å². The first-order chi connectivity index (χ1) is 32.6. The molecule has 0 amide bonds. The van der Waals surface area contributed by atoms with Gasteiger partial charge in [-0.15, -0.1) is 20.4 Å². The summed E-state index contributed by atoms with van der Waals surface area (Å²) in [4.78, 5) is 17.5. The van der Waals surface area contributed by atoms with Crippen molar-refractivity contribution in [1.82, 2.24) is 20.4 Å². The quantitative estimate of drug-likeness (QED) is 0.0289. The van der Waals surface area contributed by atoms with E-state index in [2.05, 4.69) is 108 Å². The van der Waals surface area contributed by atoms with Crippen molar-refractivity contribution in [2.75, 3.05) is 16.4 Å². The second-order valence-electron chi connectivity index (χ2n) is 20.1. The molecule has 370 valence electrons. The lowest BCUT2D eigenvalue weighted by Gasteiger charge is -2.40. The number of benzene rings is 4. The van der Waals surface area contributed by atoms with Crippen molar-refractivity contribution in [3.8, 4) is 22.9 Å². The fourth-order valence-electron chi connectivity index (χ4n) is 6.65. The molecular weight excluding hydrogens is 964 g/mol. The van der Waals surface area contributed by atoms with E-state index in [1.54, 1.807) is 42.5 Å². The molecule has 16 nitrogen and oxygen atoms in total. The number of non-ortho nitro benzene ring substituents is 1. The molecule has 0 saturated heterocycles. The average molecular weight is 1030 g/mol. The molecule has 0 aliphatic carbocycles. The molecule has 6 aromatic rings. The van der Waals surface area contributed by atoms with Crippen molar-refractivity contribution < 1.29 is 22.6 Å². The number of halogens is 2. The highest BCUT2D eigenvalue weighted by atomic mass is 35.5. The minimum absolute atomic E-state index is 0.0128. The SMILES string of the molecule is [C-]#[N+]c1ccc(N[C@@H](c2nnc(-c3ccc(N)cc3)o2)[C@@H](C)O[Si](C)(C)C(C)(C)C)c(C)c1Cl.[C-]#[N+]c1ccc(N[C@@H](c2nnc(-c3ccc([N+](=O)[O-])cc3)o2)[C@@H](C)O[Si](C)(C)C(C)(C)C)c(C)c1Cl. The second kappa shape index (κ2) is 21.9. The lowest BCUT2D eigenvalue weighted by atomic mass is 10.1. The molecule has 2 aromatic heterocycles. The van der Waals surface area contributed by atoms with E-state index < -0.39 is 33.6 Å². The van der Waals surface area contributed by atoms with Crippen LogP contribution in [0.15, 0.2) is 81.6 Å². The lowest BCUT2D eigenvalue weighted by molar-refractivity contribution is -0.384. The molecule has 4 aromatic carbocycles. The fourth-order valence-corrected chi connectivity index (χ4v) is 9.90. The number of nitro benzene ring substituents is 1. The Bertz CT molecular complexity index is 2880. The maximum Gasteiger partial charge on any atom is 0.269 e. The van der Waals surface area contributed by atoms with Crippen LogP contribution >= 0.6 is 23.2 Å². The van der Waals surface area contributed by atoms with Crippen molar-refractivity contribution in [1.29, 1.82) is 0 Å². The van der Waals surface area contributed by atoms with Gasteiger partial charge in [0.1, 0.15) is 12.1 Å². The van der Waals surface area contributed by atoms with E-state index in [4.69, 9.17) is 59.8 Å². The molecule has 2 heterocycles. The summed E-state index contributed by atoms with van der Waals surface area (Å²) < 4.78 is 25.5. The Balaban J connectivity index is 0.000000261. The number of rotatable bonds is 15. The Labute approximate surface area is 422 Å². The van der Waals surface area contributed by atoms with Gasteiger partial charge in [-0.3, -0.25) is 10.1 Å². The van der Waals surface area contributed by atoms with Crippen LogP contribution in [-0.4, -0.2) is 54.2 Å². The van der Waals surface area contributed by atoms with Gasteiger partial charge in [-0.25, -0.2) is 9.69 Å². The molecule has 0 unspecified atom stereocenters. The number of nitrogens with two attached hydrogens (primary N) is 1. The first-order valence-corrected chi connectivity index (χ1v) is 29.2. The number of nitrogens with one attached hydrogen (secondary N) is 2. The molecule has 0 fully saturated rings. The van der Waals surface area contributed by atoms with Gasteiger partial charge in [0.25, 0.3) is 5.69 Å². The van der Waals surface area contributed by atoms with E-state index in [0.717, 1.165) is 28.1 Å². The summed E-state index contributed by atoms with van der Waals surface area (Å²) in [6.45, 7) is 44.2. The Kier molecular flexibility index (Phi) is 17.1. The summed E-state index contributed by atoms with van der Waals surface area (Å²) in [6.07, 6.45) is -0.630. The molecule has 0 radical (unpaired) electrons. The number of nitrogens with zero attached hydrogens (tertiary/aromatic N) is 7. The van der Waals surface area contributed by atoms with Crippen molar-refractivity contribution in [2.24, 2.45) is 0 Å². The zero-order chi connectivity index (χ0) is 52.1. The number of nitro groups is 1. The zero-order valence-corrected chi connectivity index (χ0v) is 45.7. The average Bonchev–Trinajstić information content (AvgIpc) is 3.98. The van der Waals surface area contributed by atoms with Crippen LogP contribution in [0.3, 0.4) is 0 Å². The third kappa shape index (κ3) is 12.8. The highest BCUT2D eigenvalue weighted by Crippen LogP contribution is 2.43. The van der Waals surface area contributed by atoms with E-state index in [0.29, 0.717) is 50.3 Å². The van der Waals surface area contributed by atoms with Crippen LogP contribution in [0, 0.1) is 37.1 Å². The lowest BCUT2D eigenvalue weighted by Crippen LogP contribution is -2.45. The Hall–Kier alpha value is -6.13. The van der Waals surface area contributed by atoms with Gasteiger partial charge in [-0.05, 0) is 124 Å². The van der Waals surface area contributed by atoms with Crippen molar-refractivity contribution in [3.05, 3.63) is 139 Å². The van der Waals surface area contributed by atoms with Crippen LogP contribution in [0.2, 0.25) is 46.3 Å². The maximum atomic E-state index is 11.0. The summed E-state index contributed by atoms with van der Waals surface area (Å²) >= 11 is 12.8. The first kappa shape index (κ1) is 54.8. The third-order valence-electron chi connectivity index (χ3n) is 13.0. The number of aromatic nitrogens is 4. The van der Waals surface area contributed by atoms with Crippen molar-refractivity contribution >= 4 is 74.0 Å². The Morgan fingerprint density at radius 2 is 1.01 bits per heavy atom. The van der Waals surface area contributed by atoms with Crippen molar-refractivity contribution in [3.63, 3.8) is 0 Å². The molecule has 4 atom stereocenters. The van der Waals surface area contributed by atoms with E-state index in [9.17, 15) is 10.1 Å². The fraction of sp³-hybridized carbons (Fsp3) is 0.400. The first-order valence-electron chi connectivity index (χ1n) is 22.6. The van der Waals surface area contributed by atoms with Gasteiger partial charge in [0, 0.05) is 40.3 Å². The Morgan fingerprint density at radius 1 is 0.657 bits per heavy atom. The van der Waals surface area contributed by atoms with Crippen LogP contribution in [0.1, 0.15) is 90.4 Å². The largest absolute Gasteiger partial charge is 0.418 e. The number of anilines is 3. The monoisotopic (exact) mass is 1020 g/mol. The van der Waals surface area contributed by atoms with Gasteiger partial charge in [0.05, 0.1) is 40.3 Å². The molecule has 0 spiro atoms. The van der Waals surface area contributed by atoms with Gasteiger partial charge in [0.2, 0.25) is 34.9 Å². The molecule has 20 heteroatoms. The minimum atomic E-state index is -2.15. The molecule has 0 aliphatic heterocycles. The zero-order valence-electron chi connectivity index (χ0n) is 42.2. The maximum absolute atomic E-state index is 11.0. The summed E-state index contributed by atoms with van der Waals surface area (Å²) in [5.41, 5.74) is 11.6. The second-order valence-corrected chi connectivity index (χ2v) is 30.4. The van der Waals surface area contributed by atoms with E-state index >= 15 is 0 Å². The minimum Gasteiger partial charge on any atom is -0.418 e. The predicted molar refractivity (Wildman–Crippen MR) is 284 cm³/mol. The molecule has 0 saturated carbocycles. The van der Waals surface area contributed by atoms with Crippen molar-refractivity contribution in [2.45, 2.75) is 130 Å². The number of nitrogen functional groups attached to an aromatic ring is 1. The Morgan fingerprint density at radius 3 is 1.34 bits per heavy atom.